The van der Waals surface area contributed by atoms with Crippen molar-refractivity contribution < 1.29 is 14.7 Å². The zero-order valence-electron chi connectivity index (χ0n) is 10.2. The molecule has 1 aromatic rings. The largest absolute Gasteiger partial charge is 0.480 e. The summed E-state index contributed by atoms with van der Waals surface area (Å²) in [6, 6.07) is 6.11. The lowest BCUT2D eigenvalue weighted by molar-refractivity contribution is -0.138. The van der Waals surface area contributed by atoms with Gasteiger partial charge in [0.15, 0.2) is 0 Å². The van der Waals surface area contributed by atoms with Crippen molar-refractivity contribution >= 4 is 29.6 Å². The van der Waals surface area contributed by atoms with E-state index < -0.39 is 12.0 Å². The van der Waals surface area contributed by atoms with E-state index >= 15 is 0 Å². The molecule has 1 amide bonds. The van der Waals surface area contributed by atoms with Crippen LogP contribution in [-0.4, -0.2) is 29.6 Å². The molecule has 0 radical (unpaired) electrons. The molecule has 0 aliphatic rings. The number of carboxylic acid groups (broad SMARTS) is 1. The van der Waals surface area contributed by atoms with Gasteiger partial charge < -0.3 is 16.2 Å². The minimum atomic E-state index is -1.08. The van der Waals surface area contributed by atoms with Crippen molar-refractivity contribution in [3.8, 4) is 0 Å². The molecule has 19 heavy (non-hydrogen) atoms. The first kappa shape index (κ1) is 15.2. The summed E-state index contributed by atoms with van der Waals surface area (Å²) in [6.07, 6.45) is 3.17. The first-order valence-corrected chi connectivity index (χ1v) is 6.06. The van der Waals surface area contributed by atoms with Gasteiger partial charge in [0.05, 0.1) is 0 Å². The molecule has 0 fully saturated rings. The normalized spacial score (nSPS) is 12.3. The molecule has 1 unspecified atom stereocenters. The molecule has 1 aromatic carbocycles. The lowest BCUT2D eigenvalue weighted by Gasteiger charge is -2.06. The van der Waals surface area contributed by atoms with Crippen LogP contribution in [0.1, 0.15) is 12.0 Å². The Hall–Kier alpha value is -1.85. The summed E-state index contributed by atoms with van der Waals surface area (Å²) >= 11 is 5.80. The maximum Gasteiger partial charge on any atom is 0.320 e. The Labute approximate surface area is 116 Å². The van der Waals surface area contributed by atoms with Crippen molar-refractivity contribution in [2.24, 2.45) is 5.73 Å². The van der Waals surface area contributed by atoms with Gasteiger partial charge in [0.1, 0.15) is 6.04 Å². The van der Waals surface area contributed by atoms with Crippen molar-refractivity contribution in [2.45, 2.75) is 12.5 Å². The number of nitrogens with one attached hydrogen (secondary N) is 1. The Bertz CT molecular complexity index is 489. The molecule has 0 saturated heterocycles. The third kappa shape index (κ3) is 6.03. The maximum absolute atomic E-state index is 11.4. The smallest absolute Gasteiger partial charge is 0.320 e. The molecule has 5 nitrogen and oxygen atoms in total. The monoisotopic (exact) mass is 282 g/mol. The summed E-state index contributed by atoms with van der Waals surface area (Å²) < 4.78 is 0. The predicted octanol–water partition coefficient (Wildman–Crippen LogP) is 1.27. The van der Waals surface area contributed by atoms with Crippen molar-refractivity contribution in [3.63, 3.8) is 0 Å². The third-order valence-electron chi connectivity index (χ3n) is 2.35. The van der Waals surface area contributed by atoms with Gasteiger partial charge in [0.2, 0.25) is 5.91 Å². The SMILES string of the molecule is NC(CCNC(=O)/C=C/c1cccc(Cl)c1)C(=O)O. The Morgan fingerprint density at radius 3 is 2.84 bits per heavy atom. The van der Waals surface area contributed by atoms with Gasteiger partial charge >= 0.3 is 5.97 Å². The minimum absolute atomic E-state index is 0.187. The molecule has 0 saturated carbocycles. The van der Waals surface area contributed by atoms with E-state index in [0.29, 0.717) is 5.02 Å². The van der Waals surface area contributed by atoms with E-state index in [-0.39, 0.29) is 18.9 Å². The molecule has 0 spiro atoms. The summed E-state index contributed by atoms with van der Waals surface area (Å²) in [4.78, 5) is 21.9. The average Bonchev–Trinajstić information content (AvgIpc) is 2.36. The standard InChI is InChI=1S/C13H15ClN2O3/c14-10-3-1-2-9(8-10)4-5-12(17)16-7-6-11(15)13(18)19/h1-5,8,11H,6-7,15H2,(H,16,17)(H,18,19)/b5-4+. The summed E-state index contributed by atoms with van der Waals surface area (Å²) in [5, 5.41) is 11.7. The summed E-state index contributed by atoms with van der Waals surface area (Å²) in [5.74, 6) is -1.39. The molecule has 0 bridgehead atoms. The van der Waals surface area contributed by atoms with Gasteiger partial charge in [-0.25, -0.2) is 0 Å². The quantitative estimate of drug-likeness (QED) is 0.685. The first-order valence-electron chi connectivity index (χ1n) is 5.69. The van der Waals surface area contributed by atoms with Crippen LogP contribution >= 0.6 is 11.6 Å². The Balaban J connectivity index is 2.37. The van der Waals surface area contributed by atoms with Crippen LogP contribution in [0.15, 0.2) is 30.3 Å². The Kier molecular flexibility index (Phi) is 6.05. The topological polar surface area (TPSA) is 92.4 Å². The zero-order valence-corrected chi connectivity index (χ0v) is 10.9. The second-order valence-electron chi connectivity index (χ2n) is 3.91. The fraction of sp³-hybridized carbons (Fsp3) is 0.231. The van der Waals surface area contributed by atoms with E-state index in [2.05, 4.69) is 5.32 Å². The minimum Gasteiger partial charge on any atom is -0.480 e. The molecule has 0 aliphatic heterocycles. The second-order valence-corrected chi connectivity index (χ2v) is 4.35. The molecule has 0 heterocycles. The fourth-order valence-electron chi connectivity index (χ4n) is 1.32. The number of nitrogens with two attached hydrogens (primary N) is 1. The second kappa shape index (κ2) is 7.56. The number of carboxylic acids is 1. The van der Waals surface area contributed by atoms with Crippen LogP contribution in [0.3, 0.4) is 0 Å². The summed E-state index contributed by atoms with van der Waals surface area (Å²) in [5.41, 5.74) is 6.11. The van der Waals surface area contributed by atoms with Gasteiger partial charge in [0.25, 0.3) is 0 Å². The van der Waals surface area contributed by atoms with E-state index in [1.54, 1.807) is 24.3 Å². The number of amides is 1. The predicted molar refractivity (Wildman–Crippen MR) is 73.7 cm³/mol. The van der Waals surface area contributed by atoms with Crippen LogP contribution in [0.4, 0.5) is 0 Å². The van der Waals surface area contributed by atoms with Crippen molar-refractivity contribution in [1.29, 1.82) is 0 Å². The van der Waals surface area contributed by atoms with Crippen LogP contribution in [-0.2, 0) is 9.59 Å². The maximum atomic E-state index is 11.4. The van der Waals surface area contributed by atoms with Gasteiger partial charge in [-0.2, -0.15) is 0 Å². The lowest BCUT2D eigenvalue weighted by Crippen LogP contribution is -2.34. The Morgan fingerprint density at radius 2 is 2.21 bits per heavy atom. The molecule has 4 N–H and O–H groups in total. The van der Waals surface area contributed by atoms with Crippen LogP contribution in [0.5, 0.6) is 0 Å². The summed E-state index contributed by atoms with van der Waals surface area (Å²) in [6.45, 7) is 0.214. The van der Waals surface area contributed by atoms with Gasteiger partial charge in [-0.3, -0.25) is 9.59 Å². The number of aliphatic carboxylic acids is 1. The van der Waals surface area contributed by atoms with Gasteiger partial charge in [0, 0.05) is 17.6 Å². The summed E-state index contributed by atoms with van der Waals surface area (Å²) in [7, 11) is 0. The highest BCUT2D eigenvalue weighted by molar-refractivity contribution is 6.30. The molecule has 0 aliphatic carbocycles. The number of benzene rings is 1. The fourth-order valence-corrected chi connectivity index (χ4v) is 1.51. The van der Waals surface area contributed by atoms with Crippen LogP contribution in [0, 0.1) is 0 Å². The molecule has 1 atom stereocenters. The number of hydrogen-bond donors (Lipinski definition) is 3. The molecule has 6 heteroatoms. The molecular weight excluding hydrogens is 268 g/mol. The van der Waals surface area contributed by atoms with Gasteiger partial charge in [-0.05, 0) is 30.2 Å². The molecular formula is C13H15ClN2O3. The average molecular weight is 283 g/mol. The highest BCUT2D eigenvalue weighted by Crippen LogP contribution is 2.11. The Morgan fingerprint density at radius 1 is 1.47 bits per heavy atom. The highest BCUT2D eigenvalue weighted by Gasteiger charge is 2.10. The van der Waals surface area contributed by atoms with Crippen molar-refractivity contribution in [1.82, 2.24) is 5.32 Å². The van der Waals surface area contributed by atoms with E-state index in [4.69, 9.17) is 22.4 Å². The molecule has 102 valence electrons. The number of halogens is 1. The third-order valence-corrected chi connectivity index (χ3v) is 2.58. The number of hydrogen-bond acceptors (Lipinski definition) is 3. The van der Waals surface area contributed by atoms with Crippen LogP contribution in [0.2, 0.25) is 5.02 Å². The van der Waals surface area contributed by atoms with Crippen LogP contribution in [0.25, 0.3) is 6.08 Å². The lowest BCUT2D eigenvalue weighted by atomic mass is 10.2. The zero-order chi connectivity index (χ0) is 14.3. The number of carbonyl (C=O) groups is 2. The highest BCUT2D eigenvalue weighted by atomic mass is 35.5. The first-order chi connectivity index (χ1) is 8.99. The van der Waals surface area contributed by atoms with E-state index in [0.717, 1.165) is 5.56 Å². The van der Waals surface area contributed by atoms with Crippen LogP contribution < -0.4 is 11.1 Å². The van der Waals surface area contributed by atoms with E-state index in [1.807, 2.05) is 6.07 Å². The van der Waals surface area contributed by atoms with Crippen molar-refractivity contribution in [3.05, 3.63) is 40.9 Å². The van der Waals surface area contributed by atoms with E-state index in [9.17, 15) is 9.59 Å². The van der Waals surface area contributed by atoms with Gasteiger partial charge in [-0.1, -0.05) is 23.7 Å². The number of carbonyl (C=O) groups excluding carboxylic acids is 1. The van der Waals surface area contributed by atoms with Crippen molar-refractivity contribution in [2.75, 3.05) is 6.54 Å². The van der Waals surface area contributed by atoms with Gasteiger partial charge in [-0.15, -0.1) is 0 Å². The number of rotatable bonds is 6. The molecule has 1 rings (SSSR count). The van der Waals surface area contributed by atoms with E-state index in [1.165, 1.54) is 6.08 Å². The molecule has 0 aromatic heterocycles.